The molecule has 0 radical (unpaired) electrons. The van der Waals surface area contributed by atoms with Crippen LogP contribution >= 0.6 is 0 Å². The lowest BCUT2D eigenvalue weighted by atomic mass is 9.89. The number of carbonyl (C=O) groups is 1. The second-order valence-electron chi connectivity index (χ2n) is 6.03. The van der Waals surface area contributed by atoms with Crippen LogP contribution in [0.25, 0.3) is 0 Å². The summed E-state index contributed by atoms with van der Waals surface area (Å²) < 4.78 is 10.7. The fourth-order valence-electron chi connectivity index (χ4n) is 3.10. The van der Waals surface area contributed by atoms with Crippen LogP contribution in [-0.2, 0) is 4.79 Å². The highest BCUT2D eigenvalue weighted by atomic mass is 16.5. The van der Waals surface area contributed by atoms with E-state index >= 15 is 0 Å². The molecule has 0 unspecified atom stereocenters. The van der Waals surface area contributed by atoms with Crippen molar-refractivity contribution in [1.29, 1.82) is 0 Å². The van der Waals surface area contributed by atoms with Gasteiger partial charge < -0.3 is 14.4 Å². The number of amides is 1. The van der Waals surface area contributed by atoms with Crippen molar-refractivity contribution < 1.29 is 14.3 Å². The summed E-state index contributed by atoms with van der Waals surface area (Å²) in [7, 11) is 1.62. The highest BCUT2D eigenvalue weighted by Crippen LogP contribution is 2.27. The van der Waals surface area contributed by atoms with Gasteiger partial charge >= 0.3 is 0 Å². The number of likely N-dealkylation sites (tertiary alicyclic amines) is 1. The predicted molar refractivity (Wildman–Crippen MR) is 93.5 cm³/mol. The van der Waals surface area contributed by atoms with Gasteiger partial charge in [-0.15, -0.1) is 0 Å². The van der Waals surface area contributed by atoms with Gasteiger partial charge in [0.15, 0.2) is 6.61 Å². The Bertz CT molecular complexity index is 646. The first kappa shape index (κ1) is 16.4. The molecule has 2 aromatic carbocycles. The van der Waals surface area contributed by atoms with Crippen molar-refractivity contribution >= 4 is 5.91 Å². The van der Waals surface area contributed by atoms with Gasteiger partial charge in [-0.05, 0) is 48.6 Å². The Morgan fingerprint density at radius 3 is 2.25 bits per heavy atom. The number of hydrogen-bond acceptors (Lipinski definition) is 3. The molecule has 1 heterocycles. The molecular weight excluding hydrogens is 302 g/mol. The van der Waals surface area contributed by atoms with Crippen molar-refractivity contribution in [2.45, 2.75) is 18.8 Å². The maximum Gasteiger partial charge on any atom is 0.260 e. The molecule has 1 aliphatic heterocycles. The Labute approximate surface area is 143 Å². The minimum atomic E-state index is 0.0531. The van der Waals surface area contributed by atoms with E-state index < -0.39 is 0 Å². The Hall–Kier alpha value is -2.49. The van der Waals surface area contributed by atoms with Gasteiger partial charge in [0, 0.05) is 13.1 Å². The van der Waals surface area contributed by atoms with Crippen LogP contribution < -0.4 is 9.47 Å². The van der Waals surface area contributed by atoms with Crippen molar-refractivity contribution in [2.24, 2.45) is 0 Å². The van der Waals surface area contributed by atoms with Gasteiger partial charge in [0.25, 0.3) is 5.91 Å². The number of benzene rings is 2. The molecule has 0 bridgehead atoms. The average Bonchev–Trinajstić information content (AvgIpc) is 2.67. The summed E-state index contributed by atoms with van der Waals surface area (Å²) in [5.74, 6) is 2.06. The second-order valence-corrected chi connectivity index (χ2v) is 6.03. The van der Waals surface area contributed by atoms with Crippen LogP contribution in [0.1, 0.15) is 24.3 Å². The first-order chi connectivity index (χ1) is 11.8. The van der Waals surface area contributed by atoms with E-state index in [1.165, 1.54) is 5.56 Å². The summed E-state index contributed by atoms with van der Waals surface area (Å²) in [6.07, 6.45) is 2.02. The van der Waals surface area contributed by atoms with E-state index in [1.807, 2.05) is 35.2 Å². The number of carbonyl (C=O) groups excluding carboxylic acids is 1. The molecule has 126 valence electrons. The maximum absolute atomic E-state index is 12.3. The summed E-state index contributed by atoms with van der Waals surface area (Å²) >= 11 is 0. The fourth-order valence-corrected chi connectivity index (χ4v) is 3.10. The SMILES string of the molecule is COc1ccc(OCC(=O)N2CCC(c3ccccc3)CC2)cc1. The van der Waals surface area contributed by atoms with Crippen LogP contribution in [0.4, 0.5) is 0 Å². The van der Waals surface area contributed by atoms with Gasteiger partial charge in [-0.1, -0.05) is 30.3 Å². The zero-order valence-electron chi connectivity index (χ0n) is 14.0. The molecule has 0 aliphatic carbocycles. The summed E-state index contributed by atoms with van der Waals surface area (Å²) in [5, 5.41) is 0. The van der Waals surface area contributed by atoms with Crippen molar-refractivity contribution in [3.8, 4) is 11.5 Å². The van der Waals surface area contributed by atoms with E-state index in [0.717, 1.165) is 31.7 Å². The van der Waals surface area contributed by atoms with E-state index in [-0.39, 0.29) is 12.5 Å². The van der Waals surface area contributed by atoms with Crippen LogP contribution in [0.3, 0.4) is 0 Å². The number of rotatable bonds is 5. The smallest absolute Gasteiger partial charge is 0.260 e. The molecule has 4 heteroatoms. The third-order valence-corrected chi connectivity index (χ3v) is 4.54. The minimum Gasteiger partial charge on any atom is -0.497 e. The maximum atomic E-state index is 12.3. The fraction of sp³-hybridized carbons (Fsp3) is 0.350. The van der Waals surface area contributed by atoms with Crippen LogP contribution in [0.5, 0.6) is 11.5 Å². The molecule has 24 heavy (non-hydrogen) atoms. The first-order valence-electron chi connectivity index (χ1n) is 8.36. The zero-order chi connectivity index (χ0) is 16.8. The zero-order valence-corrected chi connectivity index (χ0v) is 14.0. The van der Waals surface area contributed by atoms with E-state index in [1.54, 1.807) is 7.11 Å². The Morgan fingerprint density at radius 1 is 1.00 bits per heavy atom. The van der Waals surface area contributed by atoms with Gasteiger partial charge in [-0.3, -0.25) is 4.79 Å². The van der Waals surface area contributed by atoms with E-state index in [2.05, 4.69) is 24.3 Å². The van der Waals surface area contributed by atoms with Gasteiger partial charge in [0.2, 0.25) is 0 Å². The molecule has 2 aromatic rings. The normalized spacial score (nSPS) is 15.1. The number of hydrogen-bond donors (Lipinski definition) is 0. The van der Waals surface area contributed by atoms with Crippen molar-refractivity contribution in [1.82, 2.24) is 4.90 Å². The quantitative estimate of drug-likeness (QED) is 0.845. The van der Waals surface area contributed by atoms with Gasteiger partial charge in [0.1, 0.15) is 11.5 Å². The van der Waals surface area contributed by atoms with Crippen molar-refractivity contribution in [3.05, 3.63) is 60.2 Å². The minimum absolute atomic E-state index is 0.0531. The van der Waals surface area contributed by atoms with E-state index in [9.17, 15) is 4.79 Å². The molecule has 0 saturated carbocycles. The van der Waals surface area contributed by atoms with Gasteiger partial charge in [0.05, 0.1) is 7.11 Å². The van der Waals surface area contributed by atoms with Crippen molar-refractivity contribution in [2.75, 3.05) is 26.8 Å². The summed E-state index contributed by atoms with van der Waals surface area (Å²) in [6.45, 7) is 1.68. The predicted octanol–water partition coefficient (Wildman–Crippen LogP) is 3.48. The van der Waals surface area contributed by atoms with Crippen LogP contribution in [0, 0.1) is 0 Å². The van der Waals surface area contributed by atoms with Gasteiger partial charge in [-0.2, -0.15) is 0 Å². The highest BCUT2D eigenvalue weighted by molar-refractivity contribution is 5.77. The Balaban J connectivity index is 1.46. The lowest BCUT2D eigenvalue weighted by molar-refractivity contribution is -0.134. The third kappa shape index (κ3) is 4.07. The topological polar surface area (TPSA) is 38.8 Å². The lowest BCUT2D eigenvalue weighted by Gasteiger charge is -2.32. The van der Waals surface area contributed by atoms with Crippen LogP contribution in [0.2, 0.25) is 0 Å². The number of nitrogens with zero attached hydrogens (tertiary/aromatic N) is 1. The molecule has 1 fully saturated rings. The molecule has 1 aliphatic rings. The molecule has 0 N–H and O–H groups in total. The second kappa shape index (κ2) is 7.86. The molecular formula is C20H23NO3. The highest BCUT2D eigenvalue weighted by Gasteiger charge is 2.23. The first-order valence-corrected chi connectivity index (χ1v) is 8.36. The molecule has 0 aromatic heterocycles. The van der Waals surface area contributed by atoms with Crippen molar-refractivity contribution in [3.63, 3.8) is 0 Å². The molecule has 1 amide bonds. The molecule has 0 atom stereocenters. The molecule has 0 spiro atoms. The number of ether oxygens (including phenoxy) is 2. The summed E-state index contributed by atoms with van der Waals surface area (Å²) in [6, 6.07) is 17.8. The number of methoxy groups -OCH3 is 1. The van der Waals surface area contributed by atoms with Crippen LogP contribution in [0.15, 0.2) is 54.6 Å². The lowest BCUT2D eigenvalue weighted by Crippen LogP contribution is -2.40. The number of piperidine rings is 1. The Kier molecular flexibility index (Phi) is 5.36. The third-order valence-electron chi connectivity index (χ3n) is 4.54. The van der Waals surface area contributed by atoms with Crippen LogP contribution in [-0.4, -0.2) is 37.6 Å². The molecule has 3 rings (SSSR count). The average molecular weight is 325 g/mol. The summed E-state index contributed by atoms with van der Waals surface area (Å²) in [4.78, 5) is 14.2. The standard InChI is InChI=1S/C20H23NO3/c1-23-18-7-9-19(10-8-18)24-15-20(22)21-13-11-17(12-14-21)16-5-3-2-4-6-16/h2-10,17H,11-15H2,1H3. The Morgan fingerprint density at radius 2 is 1.62 bits per heavy atom. The monoisotopic (exact) mass is 325 g/mol. The largest absolute Gasteiger partial charge is 0.497 e. The summed E-state index contributed by atoms with van der Waals surface area (Å²) in [5.41, 5.74) is 1.37. The molecule has 1 saturated heterocycles. The van der Waals surface area contributed by atoms with E-state index in [0.29, 0.717) is 11.7 Å². The molecule has 4 nitrogen and oxygen atoms in total. The van der Waals surface area contributed by atoms with E-state index in [4.69, 9.17) is 9.47 Å². The van der Waals surface area contributed by atoms with Gasteiger partial charge in [-0.25, -0.2) is 0 Å².